The van der Waals surface area contributed by atoms with Crippen molar-refractivity contribution < 1.29 is 0 Å². The molecular weight excluding hydrogens is 336 g/mol. The Balaban J connectivity index is 1.53. The second-order valence-electron chi connectivity index (χ2n) is 8.95. The Hall–Kier alpha value is -1.56. The average molecular weight is 377 g/mol. The topological polar surface area (TPSA) is 0 Å². The number of hydrogen-bond acceptors (Lipinski definition) is 0. The highest BCUT2D eigenvalue weighted by Gasteiger charge is 2.18. The number of rotatable bonds is 11. The lowest BCUT2D eigenvalue weighted by Gasteiger charge is -2.25. The van der Waals surface area contributed by atoms with Crippen molar-refractivity contribution >= 4 is 0 Å². The normalized spacial score (nSPS) is 16.1. The number of aryl methyl sites for hydroxylation is 2. The third-order valence-corrected chi connectivity index (χ3v) is 6.61. The predicted molar refractivity (Wildman–Crippen MR) is 124 cm³/mol. The van der Waals surface area contributed by atoms with Gasteiger partial charge in [0.2, 0.25) is 0 Å². The molecule has 3 rings (SSSR count). The summed E-state index contributed by atoms with van der Waals surface area (Å²) in [6.07, 6.45) is 17.6. The van der Waals surface area contributed by atoms with Crippen molar-refractivity contribution in [3.8, 4) is 11.1 Å². The Morgan fingerprint density at radius 3 is 2.21 bits per heavy atom. The standard InChI is InChI=1S/C28H40/c1-3-5-7-8-9-10-12-23-13-16-25(17-14-23)27-20-19-26-21-24(11-6-4-2)15-18-28(26)22-27/h13-14,16-17,19-20,22,24H,3-12,15,18,21H2,1-2H3. The Bertz CT molecular complexity index is 694. The molecule has 28 heavy (non-hydrogen) atoms. The van der Waals surface area contributed by atoms with Crippen LogP contribution in [0.1, 0.15) is 94.7 Å². The van der Waals surface area contributed by atoms with Crippen LogP contribution in [0.15, 0.2) is 42.5 Å². The van der Waals surface area contributed by atoms with E-state index in [1.54, 1.807) is 11.1 Å². The molecule has 0 saturated carbocycles. The molecule has 2 aromatic rings. The van der Waals surface area contributed by atoms with Crippen molar-refractivity contribution in [1.82, 2.24) is 0 Å². The molecule has 1 unspecified atom stereocenters. The van der Waals surface area contributed by atoms with Crippen LogP contribution in [-0.2, 0) is 19.3 Å². The third kappa shape index (κ3) is 6.23. The fourth-order valence-corrected chi connectivity index (χ4v) is 4.72. The van der Waals surface area contributed by atoms with Crippen LogP contribution in [0.4, 0.5) is 0 Å². The number of unbranched alkanes of at least 4 members (excludes halogenated alkanes) is 6. The monoisotopic (exact) mass is 376 g/mol. The molecule has 0 N–H and O–H groups in total. The van der Waals surface area contributed by atoms with Crippen molar-refractivity contribution in [2.45, 2.75) is 97.3 Å². The van der Waals surface area contributed by atoms with Gasteiger partial charge in [0.1, 0.15) is 0 Å². The van der Waals surface area contributed by atoms with Crippen molar-refractivity contribution in [3.63, 3.8) is 0 Å². The minimum absolute atomic E-state index is 0.916. The second-order valence-corrected chi connectivity index (χ2v) is 8.95. The molecule has 0 spiro atoms. The maximum absolute atomic E-state index is 2.47. The second kappa shape index (κ2) is 11.4. The van der Waals surface area contributed by atoms with Crippen molar-refractivity contribution in [2.75, 3.05) is 0 Å². The molecule has 0 aliphatic heterocycles. The van der Waals surface area contributed by atoms with Gasteiger partial charge in [0.25, 0.3) is 0 Å². The van der Waals surface area contributed by atoms with E-state index in [4.69, 9.17) is 0 Å². The van der Waals surface area contributed by atoms with E-state index in [9.17, 15) is 0 Å². The summed E-state index contributed by atoms with van der Waals surface area (Å²) in [5, 5.41) is 0. The maximum atomic E-state index is 2.47. The Labute approximate surface area is 173 Å². The van der Waals surface area contributed by atoms with E-state index in [-0.39, 0.29) is 0 Å². The predicted octanol–water partition coefficient (Wildman–Crippen LogP) is 8.55. The Kier molecular flexibility index (Phi) is 8.65. The summed E-state index contributed by atoms with van der Waals surface area (Å²) < 4.78 is 0. The molecular formula is C28H40. The Morgan fingerprint density at radius 2 is 1.43 bits per heavy atom. The van der Waals surface area contributed by atoms with Crippen LogP contribution >= 0.6 is 0 Å². The first kappa shape index (κ1) is 21.2. The zero-order valence-corrected chi connectivity index (χ0v) is 18.3. The highest BCUT2D eigenvalue weighted by molar-refractivity contribution is 5.65. The minimum atomic E-state index is 0.916. The molecule has 2 aromatic carbocycles. The van der Waals surface area contributed by atoms with Gasteiger partial charge in [0.15, 0.2) is 0 Å². The van der Waals surface area contributed by atoms with E-state index in [1.165, 1.54) is 100 Å². The van der Waals surface area contributed by atoms with Gasteiger partial charge in [-0.05, 0) is 65.8 Å². The van der Waals surface area contributed by atoms with Crippen LogP contribution in [0.3, 0.4) is 0 Å². The first-order chi connectivity index (χ1) is 13.8. The summed E-state index contributed by atoms with van der Waals surface area (Å²) in [6.45, 7) is 4.59. The minimum Gasteiger partial charge on any atom is -0.0654 e. The van der Waals surface area contributed by atoms with Crippen molar-refractivity contribution in [1.29, 1.82) is 0 Å². The van der Waals surface area contributed by atoms with E-state index in [0.717, 1.165) is 5.92 Å². The SMILES string of the molecule is CCCCCCCCc1ccc(-c2ccc3c(c2)CCC(CCCC)C3)cc1. The van der Waals surface area contributed by atoms with Crippen LogP contribution in [0.2, 0.25) is 0 Å². The van der Waals surface area contributed by atoms with Gasteiger partial charge in [0, 0.05) is 0 Å². The van der Waals surface area contributed by atoms with Crippen LogP contribution < -0.4 is 0 Å². The quantitative estimate of drug-likeness (QED) is 0.345. The molecule has 1 atom stereocenters. The van der Waals surface area contributed by atoms with Crippen LogP contribution in [0.25, 0.3) is 11.1 Å². The summed E-state index contributed by atoms with van der Waals surface area (Å²) in [7, 11) is 0. The molecule has 0 amide bonds. The van der Waals surface area contributed by atoms with E-state index >= 15 is 0 Å². The van der Waals surface area contributed by atoms with Crippen molar-refractivity contribution in [3.05, 3.63) is 59.2 Å². The van der Waals surface area contributed by atoms with Gasteiger partial charge < -0.3 is 0 Å². The van der Waals surface area contributed by atoms with E-state index < -0.39 is 0 Å². The average Bonchev–Trinajstić information content (AvgIpc) is 2.74. The summed E-state index contributed by atoms with van der Waals surface area (Å²) in [4.78, 5) is 0. The molecule has 0 heteroatoms. The third-order valence-electron chi connectivity index (χ3n) is 6.61. The molecule has 0 fully saturated rings. The number of fused-ring (bicyclic) bond motifs is 1. The molecule has 0 saturated heterocycles. The first-order valence-corrected chi connectivity index (χ1v) is 12.0. The molecule has 0 aromatic heterocycles. The Morgan fingerprint density at radius 1 is 0.714 bits per heavy atom. The lowest BCUT2D eigenvalue weighted by Crippen LogP contribution is -2.14. The smallest absolute Gasteiger partial charge is 0.0181 e. The summed E-state index contributed by atoms with van der Waals surface area (Å²) in [5.41, 5.74) is 7.48. The molecule has 0 bridgehead atoms. The van der Waals surface area contributed by atoms with Crippen molar-refractivity contribution in [2.24, 2.45) is 5.92 Å². The van der Waals surface area contributed by atoms with Crippen LogP contribution in [-0.4, -0.2) is 0 Å². The molecule has 152 valence electrons. The fraction of sp³-hybridized carbons (Fsp3) is 0.571. The van der Waals surface area contributed by atoms with Gasteiger partial charge in [-0.25, -0.2) is 0 Å². The molecule has 1 aliphatic carbocycles. The highest BCUT2D eigenvalue weighted by atomic mass is 14.2. The molecule has 0 nitrogen and oxygen atoms in total. The summed E-state index contributed by atoms with van der Waals surface area (Å²) >= 11 is 0. The number of benzene rings is 2. The van der Waals surface area contributed by atoms with Gasteiger partial charge in [-0.2, -0.15) is 0 Å². The van der Waals surface area contributed by atoms with Gasteiger partial charge >= 0.3 is 0 Å². The van der Waals surface area contributed by atoms with E-state index in [2.05, 4.69) is 56.3 Å². The fourth-order valence-electron chi connectivity index (χ4n) is 4.72. The van der Waals surface area contributed by atoms with Crippen LogP contribution in [0, 0.1) is 5.92 Å². The van der Waals surface area contributed by atoms with Gasteiger partial charge in [0.05, 0.1) is 0 Å². The van der Waals surface area contributed by atoms with E-state index in [1.807, 2.05) is 0 Å². The molecule has 0 radical (unpaired) electrons. The van der Waals surface area contributed by atoms with Gasteiger partial charge in [-0.15, -0.1) is 0 Å². The lowest BCUT2D eigenvalue weighted by atomic mass is 9.80. The molecule has 0 heterocycles. The van der Waals surface area contributed by atoms with Gasteiger partial charge in [-0.3, -0.25) is 0 Å². The maximum Gasteiger partial charge on any atom is -0.0181 e. The summed E-state index contributed by atoms with van der Waals surface area (Å²) in [6, 6.07) is 16.6. The molecule has 1 aliphatic rings. The van der Waals surface area contributed by atoms with Gasteiger partial charge in [-0.1, -0.05) is 108 Å². The first-order valence-electron chi connectivity index (χ1n) is 12.0. The largest absolute Gasteiger partial charge is 0.0654 e. The lowest BCUT2D eigenvalue weighted by molar-refractivity contribution is 0.413. The zero-order valence-electron chi connectivity index (χ0n) is 18.3. The zero-order chi connectivity index (χ0) is 19.6. The van der Waals surface area contributed by atoms with E-state index in [0.29, 0.717) is 0 Å². The number of hydrogen-bond donors (Lipinski definition) is 0. The van der Waals surface area contributed by atoms with Crippen LogP contribution in [0.5, 0.6) is 0 Å². The highest BCUT2D eigenvalue weighted by Crippen LogP contribution is 2.32. The summed E-state index contributed by atoms with van der Waals surface area (Å²) in [5.74, 6) is 0.916.